The number of Topliss-reactive ketones (excluding diaryl/α,β-unsaturated/α-hetero) is 1. The maximum atomic E-state index is 11.7. The van der Waals surface area contributed by atoms with Gasteiger partial charge in [0, 0.05) is 29.1 Å². The van der Waals surface area contributed by atoms with Gasteiger partial charge in [0.05, 0.1) is 0 Å². The number of aromatic amines is 1. The predicted octanol–water partition coefficient (Wildman–Crippen LogP) is 2.09. The van der Waals surface area contributed by atoms with Gasteiger partial charge >= 0.3 is 0 Å². The first-order valence-corrected chi connectivity index (χ1v) is 5.11. The fraction of sp³-hybridized carbons (Fsp3) is 0.250. The number of nitrogens with two attached hydrogens (primary N) is 1. The van der Waals surface area contributed by atoms with Gasteiger partial charge in [0.25, 0.3) is 0 Å². The molecule has 3 N–H and O–H groups in total. The summed E-state index contributed by atoms with van der Waals surface area (Å²) in [7, 11) is 0. The van der Waals surface area contributed by atoms with E-state index >= 15 is 0 Å². The SMILES string of the molecule is NCCCC(=O)c1ccc2[nH]ccc2c1. The van der Waals surface area contributed by atoms with Crippen molar-refractivity contribution in [3.8, 4) is 0 Å². The van der Waals surface area contributed by atoms with Crippen molar-refractivity contribution < 1.29 is 4.79 Å². The zero-order valence-electron chi connectivity index (χ0n) is 8.49. The topological polar surface area (TPSA) is 58.9 Å². The summed E-state index contributed by atoms with van der Waals surface area (Å²) in [6.07, 6.45) is 3.16. The lowest BCUT2D eigenvalue weighted by Gasteiger charge is -2.00. The molecule has 1 aromatic carbocycles. The molecule has 0 saturated carbocycles. The second-order valence-corrected chi connectivity index (χ2v) is 3.60. The van der Waals surface area contributed by atoms with Crippen molar-refractivity contribution in [2.45, 2.75) is 12.8 Å². The van der Waals surface area contributed by atoms with Crippen molar-refractivity contribution in [1.29, 1.82) is 0 Å². The van der Waals surface area contributed by atoms with E-state index in [2.05, 4.69) is 4.98 Å². The molecule has 0 amide bonds. The van der Waals surface area contributed by atoms with Gasteiger partial charge in [0.2, 0.25) is 0 Å². The third-order valence-corrected chi connectivity index (χ3v) is 2.48. The van der Waals surface area contributed by atoms with Crippen LogP contribution >= 0.6 is 0 Å². The second kappa shape index (κ2) is 4.28. The van der Waals surface area contributed by atoms with Crippen molar-refractivity contribution in [3.63, 3.8) is 0 Å². The molecular weight excluding hydrogens is 188 g/mol. The number of ketones is 1. The second-order valence-electron chi connectivity index (χ2n) is 3.60. The van der Waals surface area contributed by atoms with Crippen LogP contribution in [0.15, 0.2) is 30.5 Å². The summed E-state index contributed by atoms with van der Waals surface area (Å²) in [4.78, 5) is 14.8. The summed E-state index contributed by atoms with van der Waals surface area (Å²) in [5.41, 5.74) is 7.21. The van der Waals surface area contributed by atoms with Gasteiger partial charge in [-0.05, 0) is 37.2 Å². The highest BCUT2D eigenvalue weighted by Gasteiger charge is 2.05. The van der Waals surface area contributed by atoms with Crippen LogP contribution in [0.4, 0.5) is 0 Å². The van der Waals surface area contributed by atoms with Crippen LogP contribution in [0.5, 0.6) is 0 Å². The van der Waals surface area contributed by atoms with Gasteiger partial charge < -0.3 is 10.7 Å². The smallest absolute Gasteiger partial charge is 0.162 e. The van der Waals surface area contributed by atoms with E-state index in [4.69, 9.17) is 5.73 Å². The number of aromatic nitrogens is 1. The summed E-state index contributed by atoms with van der Waals surface area (Å²) in [5, 5.41) is 1.08. The minimum Gasteiger partial charge on any atom is -0.361 e. The molecule has 0 aliphatic carbocycles. The fourth-order valence-corrected chi connectivity index (χ4v) is 1.63. The maximum absolute atomic E-state index is 11.7. The molecule has 2 aromatic rings. The van der Waals surface area contributed by atoms with Gasteiger partial charge in [-0.15, -0.1) is 0 Å². The zero-order chi connectivity index (χ0) is 10.7. The molecule has 3 heteroatoms. The molecule has 2 rings (SSSR count). The lowest BCUT2D eigenvalue weighted by atomic mass is 10.1. The number of fused-ring (bicyclic) bond motifs is 1. The summed E-state index contributed by atoms with van der Waals surface area (Å²) >= 11 is 0. The number of carbonyl (C=O) groups is 1. The summed E-state index contributed by atoms with van der Waals surface area (Å²) in [6.45, 7) is 0.568. The minimum absolute atomic E-state index is 0.170. The van der Waals surface area contributed by atoms with Crippen molar-refractivity contribution in [2.24, 2.45) is 5.73 Å². The highest BCUT2D eigenvalue weighted by Crippen LogP contribution is 2.15. The first-order chi connectivity index (χ1) is 7.31. The van der Waals surface area contributed by atoms with E-state index in [0.717, 1.165) is 22.9 Å². The van der Waals surface area contributed by atoms with Crippen LogP contribution in [-0.2, 0) is 0 Å². The summed E-state index contributed by atoms with van der Waals surface area (Å²) < 4.78 is 0. The van der Waals surface area contributed by atoms with E-state index < -0.39 is 0 Å². The third-order valence-electron chi connectivity index (χ3n) is 2.48. The Kier molecular flexibility index (Phi) is 2.83. The molecule has 0 fully saturated rings. The Morgan fingerprint density at radius 2 is 2.20 bits per heavy atom. The van der Waals surface area contributed by atoms with Crippen LogP contribution in [0, 0.1) is 0 Å². The number of rotatable bonds is 4. The van der Waals surface area contributed by atoms with Gasteiger partial charge in [0.1, 0.15) is 0 Å². The lowest BCUT2D eigenvalue weighted by molar-refractivity contribution is 0.0981. The molecule has 1 aromatic heterocycles. The molecule has 0 unspecified atom stereocenters. The van der Waals surface area contributed by atoms with Crippen LogP contribution < -0.4 is 5.73 Å². The average molecular weight is 202 g/mol. The van der Waals surface area contributed by atoms with Crippen LogP contribution in [0.2, 0.25) is 0 Å². The zero-order valence-corrected chi connectivity index (χ0v) is 8.49. The predicted molar refractivity (Wildman–Crippen MR) is 60.9 cm³/mol. The largest absolute Gasteiger partial charge is 0.361 e. The Balaban J connectivity index is 2.23. The standard InChI is InChI=1S/C12H14N2O/c13-6-1-2-12(15)10-3-4-11-9(8-10)5-7-14-11/h3-5,7-8,14H,1-2,6,13H2. The van der Waals surface area contributed by atoms with Crippen LogP contribution in [0.25, 0.3) is 10.9 Å². The average Bonchev–Trinajstić information content (AvgIpc) is 2.72. The van der Waals surface area contributed by atoms with Crippen molar-refractivity contribution in [3.05, 3.63) is 36.0 Å². The quantitative estimate of drug-likeness (QED) is 0.746. The maximum Gasteiger partial charge on any atom is 0.162 e. The number of hydrogen-bond donors (Lipinski definition) is 2. The fourth-order valence-electron chi connectivity index (χ4n) is 1.63. The molecule has 0 aliphatic heterocycles. The summed E-state index contributed by atoms with van der Waals surface area (Å²) in [6, 6.07) is 7.68. The van der Waals surface area contributed by atoms with E-state index in [1.54, 1.807) is 0 Å². The number of carbonyl (C=O) groups excluding carboxylic acids is 1. The Hall–Kier alpha value is -1.61. The molecule has 0 aliphatic rings. The van der Waals surface area contributed by atoms with Crippen molar-refractivity contribution >= 4 is 16.7 Å². The monoisotopic (exact) mass is 202 g/mol. The first kappa shape index (κ1) is 9.93. The van der Waals surface area contributed by atoms with E-state index in [-0.39, 0.29) is 5.78 Å². The Labute approximate surface area is 88.3 Å². The van der Waals surface area contributed by atoms with E-state index in [0.29, 0.717) is 13.0 Å². The number of nitrogens with one attached hydrogen (secondary N) is 1. The highest BCUT2D eigenvalue weighted by molar-refractivity contribution is 5.99. The molecule has 15 heavy (non-hydrogen) atoms. The van der Waals surface area contributed by atoms with E-state index in [1.807, 2.05) is 30.5 Å². The molecule has 0 saturated heterocycles. The van der Waals surface area contributed by atoms with Crippen molar-refractivity contribution in [2.75, 3.05) is 6.54 Å². The molecule has 0 radical (unpaired) electrons. The van der Waals surface area contributed by atoms with Gasteiger partial charge in [-0.25, -0.2) is 0 Å². The van der Waals surface area contributed by atoms with Crippen molar-refractivity contribution in [1.82, 2.24) is 4.98 Å². The normalized spacial score (nSPS) is 10.7. The lowest BCUT2D eigenvalue weighted by Crippen LogP contribution is -2.04. The van der Waals surface area contributed by atoms with Crippen LogP contribution in [0.1, 0.15) is 23.2 Å². The number of benzene rings is 1. The van der Waals surface area contributed by atoms with Crippen LogP contribution in [0.3, 0.4) is 0 Å². The van der Waals surface area contributed by atoms with E-state index in [9.17, 15) is 4.79 Å². The molecule has 1 heterocycles. The van der Waals surface area contributed by atoms with Crippen LogP contribution in [-0.4, -0.2) is 17.3 Å². The van der Waals surface area contributed by atoms with Gasteiger partial charge in [-0.2, -0.15) is 0 Å². The Morgan fingerprint density at radius 3 is 3.00 bits per heavy atom. The summed E-state index contributed by atoms with van der Waals surface area (Å²) in [5.74, 6) is 0.170. The molecule has 0 spiro atoms. The molecule has 78 valence electrons. The molecule has 0 atom stereocenters. The molecular formula is C12H14N2O. The number of H-pyrrole nitrogens is 1. The van der Waals surface area contributed by atoms with Gasteiger partial charge in [0.15, 0.2) is 5.78 Å². The third kappa shape index (κ3) is 2.07. The highest BCUT2D eigenvalue weighted by atomic mass is 16.1. The van der Waals surface area contributed by atoms with Gasteiger partial charge in [-0.1, -0.05) is 0 Å². The first-order valence-electron chi connectivity index (χ1n) is 5.11. The number of hydrogen-bond acceptors (Lipinski definition) is 2. The van der Waals surface area contributed by atoms with E-state index in [1.165, 1.54) is 0 Å². The Bertz CT molecular complexity index is 473. The molecule has 0 bridgehead atoms. The Morgan fingerprint density at radius 1 is 1.33 bits per heavy atom. The minimum atomic E-state index is 0.170. The van der Waals surface area contributed by atoms with Gasteiger partial charge in [-0.3, -0.25) is 4.79 Å². The molecule has 3 nitrogen and oxygen atoms in total.